The minimum Gasteiger partial charge on any atom is -0.324 e. The zero-order chi connectivity index (χ0) is 13.1. The van der Waals surface area contributed by atoms with Crippen LogP contribution >= 0.6 is 12.4 Å². The van der Waals surface area contributed by atoms with Gasteiger partial charge in [0.2, 0.25) is 0 Å². The van der Waals surface area contributed by atoms with Gasteiger partial charge in [-0.15, -0.1) is 12.4 Å². The van der Waals surface area contributed by atoms with Crippen LogP contribution in [0.4, 0.5) is 13.2 Å². The fraction of sp³-hybridized carbons (Fsp3) is 0.538. The van der Waals surface area contributed by atoms with Crippen molar-refractivity contribution in [2.45, 2.75) is 38.9 Å². The Morgan fingerprint density at radius 3 is 1.94 bits per heavy atom. The summed E-state index contributed by atoms with van der Waals surface area (Å²) < 4.78 is 37.0. The van der Waals surface area contributed by atoms with Gasteiger partial charge < -0.3 is 5.73 Å². The largest absolute Gasteiger partial charge is 0.416 e. The molecule has 0 bridgehead atoms. The number of hydrogen-bond donors (Lipinski definition) is 1. The lowest BCUT2D eigenvalue weighted by Gasteiger charge is -2.14. The first-order valence-corrected chi connectivity index (χ1v) is 5.73. The number of hydrogen-bond acceptors (Lipinski definition) is 1. The zero-order valence-corrected chi connectivity index (χ0v) is 11.3. The molecule has 104 valence electrons. The van der Waals surface area contributed by atoms with Gasteiger partial charge in [0.25, 0.3) is 0 Å². The molecule has 0 spiro atoms. The molecule has 5 heteroatoms. The highest BCUT2D eigenvalue weighted by molar-refractivity contribution is 5.85. The molecular weight excluding hydrogens is 263 g/mol. The maximum atomic E-state index is 12.3. The molecule has 0 aliphatic carbocycles. The molecule has 0 amide bonds. The highest BCUT2D eigenvalue weighted by atomic mass is 35.5. The van der Waals surface area contributed by atoms with E-state index in [1.165, 1.54) is 12.1 Å². The first-order chi connectivity index (χ1) is 7.80. The number of nitrogens with two attached hydrogens (primary N) is 1. The van der Waals surface area contributed by atoms with Gasteiger partial charge in [-0.2, -0.15) is 13.2 Å². The molecular formula is C13H19ClF3N. The zero-order valence-electron chi connectivity index (χ0n) is 10.5. The number of halogens is 4. The van der Waals surface area contributed by atoms with E-state index in [1.54, 1.807) is 0 Å². The monoisotopic (exact) mass is 281 g/mol. The Hall–Kier alpha value is -0.740. The highest BCUT2D eigenvalue weighted by Crippen LogP contribution is 2.30. The average Bonchev–Trinajstić information content (AvgIpc) is 2.25. The van der Waals surface area contributed by atoms with Crippen molar-refractivity contribution in [3.05, 3.63) is 35.4 Å². The molecule has 2 N–H and O–H groups in total. The van der Waals surface area contributed by atoms with Crippen LogP contribution < -0.4 is 5.73 Å². The number of alkyl halides is 3. The van der Waals surface area contributed by atoms with Crippen LogP contribution in [0.25, 0.3) is 0 Å². The van der Waals surface area contributed by atoms with Crippen molar-refractivity contribution >= 4 is 12.4 Å². The van der Waals surface area contributed by atoms with Crippen molar-refractivity contribution in [3.8, 4) is 0 Å². The fourth-order valence-corrected chi connectivity index (χ4v) is 1.60. The maximum absolute atomic E-state index is 12.3. The summed E-state index contributed by atoms with van der Waals surface area (Å²) in [5.74, 6) is 0.551. The fourth-order valence-electron chi connectivity index (χ4n) is 1.60. The molecule has 1 nitrogen and oxygen atoms in total. The highest BCUT2D eigenvalue weighted by Gasteiger charge is 2.30. The van der Waals surface area contributed by atoms with Crippen LogP contribution in [0, 0.1) is 5.92 Å². The molecule has 1 aromatic rings. The first-order valence-electron chi connectivity index (χ1n) is 5.73. The van der Waals surface area contributed by atoms with E-state index in [0.29, 0.717) is 5.92 Å². The second-order valence-electron chi connectivity index (χ2n) is 4.70. The van der Waals surface area contributed by atoms with E-state index in [9.17, 15) is 13.2 Å². The summed E-state index contributed by atoms with van der Waals surface area (Å²) >= 11 is 0. The van der Waals surface area contributed by atoms with E-state index in [1.807, 2.05) is 0 Å². The second kappa shape index (κ2) is 7.00. The molecule has 0 heterocycles. The molecule has 0 radical (unpaired) electrons. The van der Waals surface area contributed by atoms with Gasteiger partial charge in [-0.25, -0.2) is 0 Å². The Morgan fingerprint density at radius 2 is 1.56 bits per heavy atom. The van der Waals surface area contributed by atoms with Crippen LogP contribution in [0.2, 0.25) is 0 Å². The summed E-state index contributed by atoms with van der Waals surface area (Å²) in [5, 5.41) is 0. The predicted octanol–water partition coefficient (Wildman–Crippen LogP) is 4.56. The van der Waals surface area contributed by atoms with E-state index < -0.39 is 11.7 Å². The second-order valence-corrected chi connectivity index (χ2v) is 4.70. The van der Waals surface area contributed by atoms with Crippen LogP contribution in [0.15, 0.2) is 24.3 Å². The van der Waals surface area contributed by atoms with Gasteiger partial charge in [0.05, 0.1) is 5.56 Å². The van der Waals surface area contributed by atoms with Crippen molar-refractivity contribution in [3.63, 3.8) is 0 Å². The maximum Gasteiger partial charge on any atom is 0.416 e. The van der Waals surface area contributed by atoms with Crippen LogP contribution in [0.1, 0.15) is 43.9 Å². The minimum absolute atomic E-state index is 0. The Kier molecular flexibility index (Phi) is 6.71. The third-order valence-electron chi connectivity index (χ3n) is 2.72. The molecule has 0 saturated carbocycles. The Balaban J connectivity index is 0.00000289. The van der Waals surface area contributed by atoms with Gasteiger partial charge in [0, 0.05) is 6.04 Å². The van der Waals surface area contributed by atoms with Crippen molar-refractivity contribution < 1.29 is 13.2 Å². The van der Waals surface area contributed by atoms with Gasteiger partial charge in [-0.3, -0.25) is 0 Å². The van der Waals surface area contributed by atoms with Crippen molar-refractivity contribution in [1.29, 1.82) is 0 Å². The SMILES string of the molecule is CC(C)CC[C@@H](N)c1ccc(C(F)(F)F)cc1.Cl. The third kappa shape index (κ3) is 5.27. The summed E-state index contributed by atoms with van der Waals surface area (Å²) in [4.78, 5) is 0. The number of benzene rings is 1. The predicted molar refractivity (Wildman–Crippen MR) is 69.7 cm³/mol. The normalized spacial score (nSPS) is 13.3. The lowest BCUT2D eigenvalue weighted by molar-refractivity contribution is -0.137. The van der Waals surface area contributed by atoms with E-state index >= 15 is 0 Å². The summed E-state index contributed by atoms with van der Waals surface area (Å²) in [6, 6.07) is 4.93. The average molecular weight is 282 g/mol. The topological polar surface area (TPSA) is 26.0 Å². The van der Waals surface area contributed by atoms with E-state index in [-0.39, 0.29) is 18.4 Å². The van der Waals surface area contributed by atoms with Gasteiger partial charge in [-0.05, 0) is 36.5 Å². The number of rotatable bonds is 4. The van der Waals surface area contributed by atoms with Gasteiger partial charge >= 0.3 is 6.18 Å². The molecule has 0 unspecified atom stereocenters. The molecule has 0 aliphatic rings. The molecule has 0 aliphatic heterocycles. The summed E-state index contributed by atoms with van der Waals surface area (Å²) in [7, 11) is 0. The molecule has 1 rings (SSSR count). The summed E-state index contributed by atoms with van der Waals surface area (Å²) in [5.41, 5.74) is 6.06. The van der Waals surface area contributed by atoms with Crippen molar-refractivity contribution in [2.75, 3.05) is 0 Å². The van der Waals surface area contributed by atoms with Crippen LogP contribution in [0.5, 0.6) is 0 Å². The Morgan fingerprint density at radius 1 is 1.06 bits per heavy atom. The molecule has 0 saturated heterocycles. The van der Waals surface area contributed by atoms with Crippen LogP contribution in [0.3, 0.4) is 0 Å². The summed E-state index contributed by atoms with van der Waals surface area (Å²) in [6.07, 6.45) is -2.51. The molecule has 0 fully saturated rings. The summed E-state index contributed by atoms with van der Waals surface area (Å²) in [6.45, 7) is 4.19. The smallest absolute Gasteiger partial charge is 0.324 e. The van der Waals surface area contributed by atoms with Gasteiger partial charge in [0.15, 0.2) is 0 Å². The molecule has 1 aromatic carbocycles. The third-order valence-corrected chi connectivity index (χ3v) is 2.72. The van der Waals surface area contributed by atoms with Crippen LogP contribution in [-0.2, 0) is 6.18 Å². The molecule has 18 heavy (non-hydrogen) atoms. The quantitative estimate of drug-likeness (QED) is 0.860. The van der Waals surface area contributed by atoms with Gasteiger partial charge in [0.1, 0.15) is 0 Å². The molecule has 1 atom stereocenters. The standard InChI is InChI=1S/C13H18F3N.ClH/c1-9(2)3-8-12(17)10-4-6-11(7-5-10)13(14,15)16;/h4-7,9,12H,3,8,17H2,1-2H3;1H/t12-;/m1./s1. The first kappa shape index (κ1) is 17.3. The van der Waals surface area contributed by atoms with E-state index in [0.717, 1.165) is 30.5 Å². The Labute approximate surface area is 112 Å². The van der Waals surface area contributed by atoms with E-state index in [4.69, 9.17) is 5.73 Å². The molecule has 0 aromatic heterocycles. The van der Waals surface area contributed by atoms with E-state index in [2.05, 4.69) is 13.8 Å². The minimum atomic E-state index is -4.28. The lowest BCUT2D eigenvalue weighted by Crippen LogP contribution is -2.12. The Bertz CT molecular complexity index is 346. The van der Waals surface area contributed by atoms with Crippen LogP contribution in [-0.4, -0.2) is 0 Å². The van der Waals surface area contributed by atoms with Gasteiger partial charge in [-0.1, -0.05) is 26.0 Å². The van der Waals surface area contributed by atoms with Crippen molar-refractivity contribution in [2.24, 2.45) is 11.7 Å². The lowest BCUT2D eigenvalue weighted by atomic mass is 9.97. The van der Waals surface area contributed by atoms with Crippen molar-refractivity contribution in [1.82, 2.24) is 0 Å².